The largest absolute Gasteiger partial charge is 0.493 e. The number of nitrogens with one attached hydrogen (secondary N) is 1. The lowest BCUT2D eigenvalue weighted by atomic mass is 9.90. The predicted octanol–water partition coefficient (Wildman–Crippen LogP) is 3.77. The molecule has 1 heterocycles. The Morgan fingerprint density at radius 1 is 1.14 bits per heavy atom. The number of benzene rings is 2. The fraction of sp³-hybridized carbons (Fsp3) is 0.458. The molecule has 1 atom stereocenters. The van der Waals surface area contributed by atoms with Crippen molar-refractivity contribution in [3.63, 3.8) is 0 Å². The van der Waals surface area contributed by atoms with Crippen LogP contribution in [0.5, 0.6) is 11.5 Å². The number of methoxy groups -OCH3 is 2. The maximum absolute atomic E-state index is 12.7. The summed E-state index contributed by atoms with van der Waals surface area (Å²) in [7, 11) is 3.29. The van der Waals surface area contributed by atoms with Crippen LogP contribution >= 0.6 is 0 Å². The first-order chi connectivity index (χ1) is 14.2. The molecule has 1 fully saturated rings. The number of nitrogens with zero attached hydrogens (tertiary/aromatic N) is 1. The van der Waals surface area contributed by atoms with Crippen LogP contribution in [0, 0.1) is 5.92 Å². The highest BCUT2D eigenvalue weighted by Gasteiger charge is 2.34. The van der Waals surface area contributed by atoms with E-state index >= 15 is 0 Å². The molecule has 154 valence electrons. The third-order valence-corrected chi connectivity index (χ3v) is 6.12. The number of amides is 1. The first-order valence-corrected chi connectivity index (χ1v) is 10.5. The monoisotopic (exact) mass is 394 g/mol. The molecule has 29 heavy (non-hydrogen) atoms. The molecule has 1 N–H and O–H groups in total. The number of rotatable bonds is 9. The summed E-state index contributed by atoms with van der Waals surface area (Å²) in [6, 6.07) is 14.6. The Labute approximate surface area is 173 Å². The third kappa shape index (κ3) is 4.50. The second-order valence-electron chi connectivity index (χ2n) is 7.98. The molecule has 0 bridgehead atoms. The fourth-order valence-electron chi connectivity index (χ4n) is 4.38. The normalized spacial score (nSPS) is 16.3. The van der Waals surface area contributed by atoms with Crippen molar-refractivity contribution in [2.24, 2.45) is 5.92 Å². The van der Waals surface area contributed by atoms with Crippen molar-refractivity contribution in [3.05, 3.63) is 53.6 Å². The van der Waals surface area contributed by atoms with Gasteiger partial charge in [-0.25, -0.2) is 0 Å². The van der Waals surface area contributed by atoms with E-state index < -0.39 is 0 Å². The predicted molar refractivity (Wildman–Crippen MR) is 115 cm³/mol. The number of hydrogen-bond donors (Lipinski definition) is 1. The van der Waals surface area contributed by atoms with E-state index in [1.54, 1.807) is 14.2 Å². The van der Waals surface area contributed by atoms with Crippen LogP contribution in [0.4, 0.5) is 5.69 Å². The zero-order chi connectivity index (χ0) is 20.2. The number of para-hydroxylation sites is 1. The zero-order valence-corrected chi connectivity index (χ0v) is 17.3. The Hall–Kier alpha value is -2.69. The molecule has 0 radical (unpaired) electrons. The van der Waals surface area contributed by atoms with E-state index in [-0.39, 0.29) is 11.8 Å². The number of hydrogen-bond acceptors (Lipinski definition) is 4. The summed E-state index contributed by atoms with van der Waals surface area (Å²) in [5.74, 6) is 2.40. The molecule has 4 rings (SSSR count). The van der Waals surface area contributed by atoms with Crippen molar-refractivity contribution in [2.45, 2.75) is 31.6 Å². The Kier molecular flexibility index (Phi) is 5.93. The van der Waals surface area contributed by atoms with Crippen molar-refractivity contribution in [3.8, 4) is 11.5 Å². The van der Waals surface area contributed by atoms with Crippen molar-refractivity contribution in [2.75, 3.05) is 38.8 Å². The molecule has 0 saturated heterocycles. The van der Waals surface area contributed by atoms with Gasteiger partial charge in [-0.15, -0.1) is 0 Å². The number of ether oxygens (including phenoxy) is 2. The first kappa shape index (κ1) is 19.6. The SMILES string of the molecule is COc1ccc(C(CC(=O)NCCN2CCc3ccccc32)C2CC2)cc1OC. The summed E-state index contributed by atoms with van der Waals surface area (Å²) in [5, 5.41) is 3.14. The first-order valence-electron chi connectivity index (χ1n) is 10.5. The zero-order valence-electron chi connectivity index (χ0n) is 17.3. The molecule has 2 aromatic rings. The maximum Gasteiger partial charge on any atom is 0.220 e. The molecule has 0 aromatic heterocycles. The molecule has 0 spiro atoms. The lowest BCUT2D eigenvalue weighted by Crippen LogP contribution is -2.34. The molecule has 1 aliphatic carbocycles. The van der Waals surface area contributed by atoms with Gasteiger partial charge in [0.1, 0.15) is 0 Å². The molecule has 1 saturated carbocycles. The van der Waals surface area contributed by atoms with Gasteiger partial charge in [0.2, 0.25) is 5.91 Å². The van der Waals surface area contributed by atoms with Crippen molar-refractivity contribution < 1.29 is 14.3 Å². The summed E-state index contributed by atoms with van der Waals surface area (Å²) in [6.45, 7) is 2.56. The van der Waals surface area contributed by atoms with Gasteiger partial charge in [0.15, 0.2) is 11.5 Å². The minimum atomic E-state index is 0.129. The molecule has 1 aliphatic heterocycles. The van der Waals surface area contributed by atoms with E-state index in [0.717, 1.165) is 36.6 Å². The highest BCUT2D eigenvalue weighted by atomic mass is 16.5. The number of carbonyl (C=O) groups is 1. The second kappa shape index (κ2) is 8.76. The molecule has 2 aliphatic rings. The molecule has 5 nitrogen and oxygen atoms in total. The van der Waals surface area contributed by atoms with Crippen LogP contribution in [-0.2, 0) is 11.2 Å². The van der Waals surface area contributed by atoms with Crippen molar-refractivity contribution in [1.82, 2.24) is 5.32 Å². The summed E-state index contributed by atoms with van der Waals surface area (Å²) in [6.07, 6.45) is 4.00. The van der Waals surface area contributed by atoms with Crippen molar-refractivity contribution >= 4 is 11.6 Å². The van der Waals surface area contributed by atoms with E-state index in [1.807, 2.05) is 12.1 Å². The van der Waals surface area contributed by atoms with Gasteiger partial charge in [-0.1, -0.05) is 24.3 Å². The minimum Gasteiger partial charge on any atom is -0.493 e. The molecular formula is C24H30N2O3. The van der Waals surface area contributed by atoms with E-state index in [2.05, 4.69) is 40.5 Å². The molecular weight excluding hydrogens is 364 g/mol. The Bertz CT molecular complexity index is 863. The fourth-order valence-corrected chi connectivity index (χ4v) is 4.38. The van der Waals surface area contributed by atoms with Gasteiger partial charge in [-0.2, -0.15) is 0 Å². The van der Waals surface area contributed by atoms with Crippen LogP contribution in [0.25, 0.3) is 0 Å². The van der Waals surface area contributed by atoms with Crippen LogP contribution in [0.1, 0.15) is 36.3 Å². The maximum atomic E-state index is 12.7. The highest BCUT2D eigenvalue weighted by molar-refractivity contribution is 5.77. The summed E-state index contributed by atoms with van der Waals surface area (Å²) in [5.41, 5.74) is 3.87. The third-order valence-electron chi connectivity index (χ3n) is 6.12. The average molecular weight is 395 g/mol. The number of fused-ring (bicyclic) bond motifs is 1. The smallest absolute Gasteiger partial charge is 0.220 e. The summed E-state index contributed by atoms with van der Waals surface area (Å²) < 4.78 is 10.8. The quantitative estimate of drug-likeness (QED) is 0.704. The number of carbonyl (C=O) groups excluding carboxylic acids is 1. The molecule has 2 aromatic carbocycles. The van der Waals surface area contributed by atoms with E-state index in [1.165, 1.54) is 24.1 Å². The highest BCUT2D eigenvalue weighted by Crippen LogP contribution is 2.46. The topological polar surface area (TPSA) is 50.8 Å². The Morgan fingerprint density at radius 3 is 2.69 bits per heavy atom. The van der Waals surface area contributed by atoms with Crippen molar-refractivity contribution in [1.29, 1.82) is 0 Å². The van der Waals surface area contributed by atoms with Crippen LogP contribution < -0.4 is 19.7 Å². The van der Waals surface area contributed by atoms with Crippen LogP contribution in [-0.4, -0.2) is 39.8 Å². The standard InChI is InChI=1S/C24H30N2O3/c1-28-22-10-9-19(15-23(22)29-2)20(17-7-8-17)16-24(27)25-12-14-26-13-11-18-5-3-4-6-21(18)26/h3-6,9-10,15,17,20H,7-8,11-14,16H2,1-2H3,(H,25,27). The van der Waals surface area contributed by atoms with Gasteiger partial charge in [-0.3, -0.25) is 4.79 Å². The van der Waals surface area contributed by atoms with Gasteiger partial charge in [0.05, 0.1) is 14.2 Å². The van der Waals surface area contributed by atoms with Gasteiger partial charge >= 0.3 is 0 Å². The lowest BCUT2D eigenvalue weighted by Gasteiger charge is -2.21. The van der Waals surface area contributed by atoms with E-state index in [9.17, 15) is 4.79 Å². The van der Waals surface area contributed by atoms with Gasteiger partial charge in [0, 0.05) is 31.7 Å². The van der Waals surface area contributed by atoms with Gasteiger partial charge in [0.25, 0.3) is 0 Å². The minimum absolute atomic E-state index is 0.129. The van der Waals surface area contributed by atoms with Crippen LogP contribution in [0.3, 0.4) is 0 Å². The molecule has 1 amide bonds. The Morgan fingerprint density at radius 2 is 1.93 bits per heavy atom. The van der Waals surface area contributed by atoms with Gasteiger partial charge < -0.3 is 19.7 Å². The second-order valence-corrected chi connectivity index (χ2v) is 7.98. The molecule has 5 heteroatoms. The molecule has 1 unspecified atom stereocenters. The lowest BCUT2D eigenvalue weighted by molar-refractivity contribution is -0.121. The van der Waals surface area contributed by atoms with Crippen LogP contribution in [0.15, 0.2) is 42.5 Å². The number of anilines is 1. The Balaban J connectivity index is 1.33. The van der Waals surface area contributed by atoms with Crippen LogP contribution in [0.2, 0.25) is 0 Å². The van der Waals surface area contributed by atoms with Gasteiger partial charge in [-0.05, 0) is 60.4 Å². The van der Waals surface area contributed by atoms with E-state index in [0.29, 0.717) is 18.9 Å². The average Bonchev–Trinajstić information content (AvgIpc) is 3.52. The summed E-state index contributed by atoms with van der Waals surface area (Å²) in [4.78, 5) is 15.0. The van der Waals surface area contributed by atoms with E-state index in [4.69, 9.17) is 9.47 Å². The summed E-state index contributed by atoms with van der Waals surface area (Å²) >= 11 is 0.